The van der Waals surface area contributed by atoms with E-state index in [0.29, 0.717) is 11.3 Å². The van der Waals surface area contributed by atoms with Crippen LogP contribution in [-0.2, 0) is 9.59 Å². The first-order valence-corrected chi connectivity index (χ1v) is 9.96. The Morgan fingerprint density at radius 2 is 1.77 bits per heavy atom. The van der Waals surface area contributed by atoms with Crippen LogP contribution in [0.5, 0.6) is 0 Å². The minimum absolute atomic E-state index is 0.111. The highest BCUT2D eigenvalue weighted by atomic mass is 32.2. The summed E-state index contributed by atoms with van der Waals surface area (Å²) >= 11 is 6.24. The van der Waals surface area contributed by atoms with Crippen LogP contribution in [0.3, 0.4) is 0 Å². The molecule has 0 radical (unpaired) electrons. The standard InChI is InChI=1S/C19H14N4O6S2/c1-11(17(24)20-13-5-7-14(8-6-13)22(26)27)21-18(25)16(31-19(21)30)10-12-3-2-4-15(9-12)23(28)29/h2-11H,1H3,(H,20,24)/b16-10-. The minimum Gasteiger partial charge on any atom is -0.324 e. The highest BCUT2D eigenvalue weighted by Crippen LogP contribution is 2.34. The van der Waals surface area contributed by atoms with E-state index in [1.165, 1.54) is 55.5 Å². The summed E-state index contributed by atoms with van der Waals surface area (Å²) < 4.78 is 0.174. The van der Waals surface area contributed by atoms with E-state index in [0.717, 1.165) is 16.7 Å². The van der Waals surface area contributed by atoms with Crippen molar-refractivity contribution in [1.29, 1.82) is 0 Å². The smallest absolute Gasteiger partial charge is 0.270 e. The van der Waals surface area contributed by atoms with Gasteiger partial charge in [-0.25, -0.2) is 0 Å². The number of benzene rings is 2. The third kappa shape index (κ3) is 4.92. The molecule has 1 N–H and O–H groups in total. The molecule has 0 aliphatic carbocycles. The minimum atomic E-state index is -0.946. The van der Waals surface area contributed by atoms with Gasteiger partial charge >= 0.3 is 0 Å². The Hall–Kier alpha value is -3.64. The number of rotatable bonds is 6. The van der Waals surface area contributed by atoms with Crippen LogP contribution < -0.4 is 5.32 Å². The molecule has 2 amide bonds. The molecule has 2 aromatic rings. The highest BCUT2D eigenvalue weighted by Gasteiger charge is 2.38. The molecule has 1 saturated heterocycles. The van der Waals surface area contributed by atoms with Crippen molar-refractivity contribution in [2.75, 3.05) is 5.32 Å². The van der Waals surface area contributed by atoms with Gasteiger partial charge in [0.05, 0.1) is 14.8 Å². The number of nitro benzene ring substituents is 2. The molecule has 158 valence electrons. The average Bonchev–Trinajstić information content (AvgIpc) is 3.00. The van der Waals surface area contributed by atoms with Gasteiger partial charge in [0, 0.05) is 30.0 Å². The molecule has 0 bridgehead atoms. The van der Waals surface area contributed by atoms with Crippen LogP contribution in [0.25, 0.3) is 6.08 Å². The summed E-state index contributed by atoms with van der Waals surface area (Å²) in [5.41, 5.74) is 0.562. The van der Waals surface area contributed by atoms with Gasteiger partial charge in [-0.3, -0.25) is 34.7 Å². The molecule has 31 heavy (non-hydrogen) atoms. The van der Waals surface area contributed by atoms with Crippen LogP contribution >= 0.6 is 24.0 Å². The summed E-state index contributed by atoms with van der Waals surface area (Å²) in [5.74, 6) is -1.02. The fourth-order valence-corrected chi connectivity index (χ4v) is 4.14. The van der Waals surface area contributed by atoms with Crippen LogP contribution in [-0.4, -0.2) is 36.9 Å². The number of non-ortho nitro benzene ring substituents is 2. The first-order chi connectivity index (χ1) is 14.7. The Bertz CT molecular complexity index is 1130. The molecule has 1 aliphatic heterocycles. The summed E-state index contributed by atoms with van der Waals surface area (Å²) in [6.45, 7) is 1.50. The molecule has 12 heteroatoms. The van der Waals surface area contributed by atoms with Crippen molar-refractivity contribution in [2.24, 2.45) is 0 Å². The number of nitrogens with one attached hydrogen (secondary N) is 1. The van der Waals surface area contributed by atoms with Gasteiger partial charge in [-0.1, -0.05) is 36.1 Å². The molecule has 1 fully saturated rings. The number of carbonyl (C=O) groups is 2. The van der Waals surface area contributed by atoms with E-state index in [-0.39, 0.29) is 20.6 Å². The van der Waals surface area contributed by atoms with Gasteiger partial charge in [0.25, 0.3) is 17.3 Å². The van der Waals surface area contributed by atoms with Crippen LogP contribution in [0.2, 0.25) is 0 Å². The van der Waals surface area contributed by atoms with Crippen molar-refractivity contribution < 1.29 is 19.4 Å². The van der Waals surface area contributed by atoms with Gasteiger partial charge in [-0.05, 0) is 30.7 Å². The predicted molar refractivity (Wildman–Crippen MR) is 119 cm³/mol. The van der Waals surface area contributed by atoms with E-state index in [4.69, 9.17) is 12.2 Å². The number of carbonyl (C=O) groups excluding carboxylic acids is 2. The van der Waals surface area contributed by atoms with E-state index >= 15 is 0 Å². The van der Waals surface area contributed by atoms with E-state index < -0.39 is 27.7 Å². The maximum absolute atomic E-state index is 12.8. The van der Waals surface area contributed by atoms with Crippen molar-refractivity contribution >= 4 is 63.3 Å². The summed E-state index contributed by atoms with van der Waals surface area (Å²) in [5, 5.41) is 24.2. The zero-order valence-corrected chi connectivity index (χ0v) is 17.5. The van der Waals surface area contributed by atoms with Crippen molar-refractivity contribution in [1.82, 2.24) is 4.90 Å². The number of thioether (sulfide) groups is 1. The normalized spacial score (nSPS) is 15.8. The Labute approximate surface area is 185 Å². The first kappa shape index (κ1) is 22.1. The highest BCUT2D eigenvalue weighted by molar-refractivity contribution is 8.26. The predicted octanol–water partition coefficient (Wildman–Crippen LogP) is 3.73. The maximum atomic E-state index is 12.8. The lowest BCUT2D eigenvalue weighted by Gasteiger charge is -2.22. The lowest BCUT2D eigenvalue weighted by atomic mass is 10.2. The molecular weight excluding hydrogens is 444 g/mol. The molecule has 0 spiro atoms. The summed E-state index contributed by atoms with van der Waals surface area (Å²) in [6.07, 6.45) is 1.48. The van der Waals surface area contributed by atoms with Crippen molar-refractivity contribution in [3.63, 3.8) is 0 Å². The summed E-state index contributed by atoms with van der Waals surface area (Å²) in [4.78, 5) is 47.4. The summed E-state index contributed by atoms with van der Waals surface area (Å²) in [6, 6.07) is 10.1. The Balaban J connectivity index is 1.75. The molecule has 1 atom stereocenters. The monoisotopic (exact) mass is 458 g/mol. The Morgan fingerprint density at radius 3 is 2.39 bits per heavy atom. The molecular formula is C19H14N4O6S2. The van der Waals surface area contributed by atoms with Crippen LogP contribution in [0.1, 0.15) is 12.5 Å². The average molecular weight is 458 g/mol. The third-order valence-corrected chi connectivity index (χ3v) is 5.65. The molecule has 2 aromatic carbocycles. The zero-order valence-electron chi connectivity index (χ0n) is 15.9. The topological polar surface area (TPSA) is 136 Å². The van der Waals surface area contributed by atoms with E-state index in [2.05, 4.69) is 5.32 Å². The Kier molecular flexibility index (Phi) is 6.42. The lowest BCUT2D eigenvalue weighted by Crippen LogP contribution is -2.44. The molecule has 0 saturated carbocycles. The largest absolute Gasteiger partial charge is 0.324 e. The number of hydrogen-bond acceptors (Lipinski definition) is 8. The fraction of sp³-hybridized carbons (Fsp3) is 0.105. The van der Waals surface area contributed by atoms with Gasteiger partial charge in [0.15, 0.2) is 0 Å². The number of nitrogens with zero attached hydrogens (tertiary/aromatic N) is 3. The first-order valence-electron chi connectivity index (χ1n) is 8.74. The molecule has 10 nitrogen and oxygen atoms in total. The van der Waals surface area contributed by atoms with Gasteiger partial charge in [-0.15, -0.1) is 0 Å². The maximum Gasteiger partial charge on any atom is 0.270 e. The number of nitro groups is 2. The second kappa shape index (κ2) is 9.02. The van der Waals surface area contributed by atoms with Gasteiger partial charge in [0.1, 0.15) is 10.4 Å². The number of hydrogen-bond donors (Lipinski definition) is 1. The van der Waals surface area contributed by atoms with Gasteiger partial charge in [0.2, 0.25) is 5.91 Å². The van der Waals surface area contributed by atoms with E-state index in [1.54, 1.807) is 6.07 Å². The van der Waals surface area contributed by atoms with E-state index in [1.807, 2.05) is 0 Å². The second-order valence-corrected chi connectivity index (χ2v) is 8.05. The molecule has 0 aromatic heterocycles. The Morgan fingerprint density at radius 1 is 1.13 bits per heavy atom. The number of thiocarbonyl (C=S) groups is 1. The van der Waals surface area contributed by atoms with Crippen molar-refractivity contribution in [3.8, 4) is 0 Å². The SMILES string of the molecule is CC(C(=O)Nc1ccc([N+](=O)[O-])cc1)N1C(=O)/C(=C/c2cccc([N+](=O)[O-])c2)SC1=S. The zero-order chi connectivity index (χ0) is 22.7. The van der Waals surface area contributed by atoms with Crippen molar-refractivity contribution in [3.05, 3.63) is 79.2 Å². The van der Waals surface area contributed by atoms with Gasteiger partial charge in [-0.2, -0.15) is 0 Å². The van der Waals surface area contributed by atoms with Gasteiger partial charge < -0.3 is 5.32 Å². The number of anilines is 1. The quantitative estimate of drug-likeness (QED) is 0.299. The fourth-order valence-electron chi connectivity index (χ4n) is 2.72. The summed E-state index contributed by atoms with van der Waals surface area (Å²) in [7, 11) is 0. The van der Waals surface area contributed by atoms with E-state index in [9.17, 15) is 29.8 Å². The molecule has 1 heterocycles. The molecule has 3 rings (SSSR count). The van der Waals surface area contributed by atoms with Crippen LogP contribution in [0, 0.1) is 20.2 Å². The van der Waals surface area contributed by atoms with Crippen LogP contribution in [0.15, 0.2) is 53.4 Å². The van der Waals surface area contributed by atoms with Crippen LogP contribution in [0.4, 0.5) is 17.1 Å². The molecule has 1 unspecified atom stereocenters. The lowest BCUT2D eigenvalue weighted by molar-refractivity contribution is -0.385. The third-order valence-electron chi connectivity index (χ3n) is 4.31. The molecule has 1 aliphatic rings. The van der Waals surface area contributed by atoms with Crippen molar-refractivity contribution in [2.45, 2.75) is 13.0 Å². The second-order valence-electron chi connectivity index (χ2n) is 6.37. The number of amides is 2.